The zero-order valence-electron chi connectivity index (χ0n) is 11.5. The Kier molecular flexibility index (Phi) is 3.42. The summed E-state index contributed by atoms with van der Waals surface area (Å²) in [4.78, 5) is 36.0. The van der Waals surface area contributed by atoms with Crippen LogP contribution in [0.25, 0.3) is 0 Å². The minimum Gasteiger partial charge on any atom is -0.481 e. The molecule has 112 valence electrons. The molecule has 0 fully saturated rings. The summed E-state index contributed by atoms with van der Waals surface area (Å²) in [5, 5.41) is 16.3. The third-order valence-corrected chi connectivity index (χ3v) is 3.34. The molecule has 0 saturated carbocycles. The molecule has 1 aliphatic heterocycles. The van der Waals surface area contributed by atoms with Crippen molar-refractivity contribution in [2.75, 3.05) is 0 Å². The maximum Gasteiger partial charge on any atom is 0.305 e. The van der Waals surface area contributed by atoms with E-state index in [9.17, 15) is 14.4 Å². The number of carboxylic acid groups (broad SMARTS) is 1. The van der Waals surface area contributed by atoms with Crippen molar-refractivity contribution < 1.29 is 19.5 Å². The van der Waals surface area contributed by atoms with E-state index in [1.165, 1.54) is 10.9 Å². The molecule has 1 aromatic heterocycles. The summed E-state index contributed by atoms with van der Waals surface area (Å²) in [6.07, 6.45) is 1.46. The van der Waals surface area contributed by atoms with Gasteiger partial charge in [-0.05, 0) is 12.1 Å². The molecule has 8 heteroatoms. The number of hydrogen-bond donors (Lipinski definition) is 1. The van der Waals surface area contributed by atoms with Crippen molar-refractivity contribution in [3.05, 3.63) is 47.3 Å². The van der Waals surface area contributed by atoms with Crippen LogP contribution >= 0.6 is 0 Å². The number of nitrogens with zero attached hydrogens (tertiary/aromatic N) is 4. The lowest BCUT2D eigenvalue weighted by Crippen LogP contribution is -2.29. The van der Waals surface area contributed by atoms with Crippen molar-refractivity contribution in [3.63, 3.8) is 0 Å². The molecule has 1 aromatic carbocycles. The predicted octanol–water partition coefficient (Wildman–Crippen LogP) is 0.549. The summed E-state index contributed by atoms with van der Waals surface area (Å²) in [5.41, 5.74) is 1.19. The molecule has 0 aliphatic carbocycles. The number of carboxylic acids is 1. The highest BCUT2D eigenvalue weighted by Gasteiger charge is 2.35. The molecule has 0 unspecified atom stereocenters. The Morgan fingerprint density at radius 2 is 1.77 bits per heavy atom. The quantitative estimate of drug-likeness (QED) is 0.808. The van der Waals surface area contributed by atoms with Crippen molar-refractivity contribution in [2.45, 2.75) is 19.5 Å². The Morgan fingerprint density at radius 1 is 1.14 bits per heavy atom. The fourth-order valence-corrected chi connectivity index (χ4v) is 2.28. The van der Waals surface area contributed by atoms with Crippen LogP contribution in [0.3, 0.4) is 0 Å². The minimum atomic E-state index is -0.933. The fraction of sp³-hybridized carbons (Fsp3) is 0.214. The average molecular weight is 300 g/mol. The van der Waals surface area contributed by atoms with Crippen LogP contribution in [-0.2, 0) is 17.9 Å². The second kappa shape index (κ2) is 5.40. The van der Waals surface area contributed by atoms with Crippen molar-refractivity contribution in [3.8, 4) is 0 Å². The zero-order chi connectivity index (χ0) is 15.7. The van der Waals surface area contributed by atoms with Gasteiger partial charge in [-0.2, -0.15) is 0 Å². The van der Waals surface area contributed by atoms with Crippen LogP contribution in [-0.4, -0.2) is 42.8 Å². The van der Waals surface area contributed by atoms with Gasteiger partial charge >= 0.3 is 5.97 Å². The van der Waals surface area contributed by atoms with Crippen molar-refractivity contribution in [2.24, 2.45) is 0 Å². The molecular weight excluding hydrogens is 288 g/mol. The first-order valence-corrected chi connectivity index (χ1v) is 6.62. The first kappa shape index (κ1) is 13.9. The van der Waals surface area contributed by atoms with Gasteiger partial charge in [0.15, 0.2) is 0 Å². The average Bonchev–Trinajstić information content (AvgIpc) is 3.05. The van der Waals surface area contributed by atoms with Crippen LogP contribution in [0.1, 0.15) is 32.8 Å². The highest BCUT2D eigenvalue weighted by atomic mass is 16.4. The molecule has 1 N–H and O–H groups in total. The Morgan fingerprint density at radius 3 is 2.36 bits per heavy atom. The lowest BCUT2D eigenvalue weighted by atomic mass is 10.1. The third kappa shape index (κ3) is 2.46. The number of hydrogen-bond acceptors (Lipinski definition) is 5. The van der Waals surface area contributed by atoms with Gasteiger partial charge in [-0.15, -0.1) is 5.10 Å². The molecule has 2 heterocycles. The summed E-state index contributed by atoms with van der Waals surface area (Å²) >= 11 is 0. The number of rotatable bonds is 5. The van der Waals surface area contributed by atoms with Gasteiger partial charge in [0.25, 0.3) is 11.8 Å². The lowest BCUT2D eigenvalue weighted by molar-refractivity contribution is -0.137. The summed E-state index contributed by atoms with van der Waals surface area (Å²) < 4.78 is 1.38. The van der Waals surface area contributed by atoms with E-state index >= 15 is 0 Å². The monoisotopic (exact) mass is 300 g/mol. The Bertz CT molecular complexity index is 733. The van der Waals surface area contributed by atoms with Crippen LogP contribution in [0.15, 0.2) is 30.5 Å². The van der Waals surface area contributed by atoms with Crippen LogP contribution in [0.4, 0.5) is 0 Å². The third-order valence-electron chi connectivity index (χ3n) is 3.34. The molecule has 2 amide bonds. The first-order chi connectivity index (χ1) is 10.6. The fourth-order valence-electron chi connectivity index (χ4n) is 2.28. The van der Waals surface area contributed by atoms with Gasteiger partial charge in [-0.25, -0.2) is 0 Å². The maximum absolute atomic E-state index is 12.2. The molecule has 0 saturated heterocycles. The molecule has 0 spiro atoms. The SMILES string of the molecule is O=C(O)CCn1cc(CN2C(=O)c3ccccc3C2=O)nn1. The van der Waals surface area contributed by atoms with Gasteiger partial charge in [0.2, 0.25) is 0 Å². The van der Waals surface area contributed by atoms with E-state index in [-0.39, 0.29) is 31.3 Å². The number of carbonyl (C=O) groups is 3. The van der Waals surface area contributed by atoms with Crippen molar-refractivity contribution in [1.29, 1.82) is 0 Å². The number of aromatic nitrogens is 3. The molecular formula is C14H12N4O4. The highest BCUT2D eigenvalue weighted by Crippen LogP contribution is 2.23. The van der Waals surface area contributed by atoms with Gasteiger partial charge in [0, 0.05) is 0 Å². The summed E-state index contributed by atoms with van der Waals surface area (Å²) in [6.45, 7) is 0.198. The van der Waals surface area contributed by atoms with Crippen molar-refractivity contribution >= 4 is 17.8 Å². The molecule has 0 atom stereocenters. The standard InChI is InChI=1S/C14H12N4O4/c19-12(20)5-6-17-7-9(15-16-17)8-18-13(21)10-3-1-2-4-11(10)14(18)22/h1-4,7H,5-6,8H2,(H,19,20). The number of benzene rings is 1. The van der Waals surface area contributed by atoms with Gasteiger partial charge in [0.05, 0.1) is 36.8 Å². The topological polar surface area (TPSA) is 105 Å². The van der Waals surface area contributed by atoms with Crippen LogP contribution < -0.4 is 0 Å². The molecule has 1 aliphatic rings. The predicted molar refractivity (Wildman–Crippen MR) is 72.9 cm³/mol. The van der Waals surface area contributed by atoms with Gasteiger partial charge in [0.1, 0.15) is 5.69 Å². The zero-order valence-corrected chi connectivity index (χ0v) is 11.5. The Balaban J connectivity index is 1.73. The van der Waals surface area contributed by atoms with E-state index in [0.29, 0.717) is 16.8 Å². The van der Waals surface area contributed by atoms with E-state index in [0.717, 1.165) is 4.90 Å². The van der Waals surface area contributed by atoms with E-state index in [2.05, 4.69) is 10.3 Å². The lowest BCUT2D eigenvalue weighted by Gasteiger charge is -2.11. The molecule has 8 nitrogen and oxygen atoms in total. The smallest absolute Gasteiger partial charge is 0.305 e. The van der Waals surface area contributed by atoms with Crippen LogP contribution in [0, 0.1) is 0 Å². The number of aliphatic carboxylic acids is 1. The molecule has 22 heavy (non-hydrogen) atoms. The second-order valence-electron chi connectivity index (χ2n) is 4.86. The minimum absolute atomic E-state index is 0.0133. The summed E-state index contributed by atoms with van der Waals surface area (Å²) in [6, 6.07) is 6.63. The molecule has 0 bridgehead atoms. The van der Waals surface area contributed by atoms with E-state index < -0.39 is 5.97 Å². The van der Waals surface area contributed by atoms with E-state index in [4.69, 9.17) is 5.11 Å². The van der Waals surface area contributed by atoms with Gasteiger partial charge in [-0.1, -0.05) is 17.3 Å². The number of carbonyl (C=O) groups excluding carboxylic acids is 2. The highest BCUT2D eigenvalue weighted by molar-refractivity contribution is 6.21. The van der Waals surface area contributed by atoms with Crippen LogP contribution in [0.5, 0.6) is 0 Å². The van der Waals surface area contributed by atoms with E-state index in [1.807, 2.05) is 0 Å². The van der Waals surface area contributed by atoms with E-state index in [1.54, 1.807) is 24.3 Å². The summed E-state index contributed by atoms with van der Waals surface area (Å²) in [7, 11) is 0. The number of amides is 2. The largest absolute Gasteiger partial charge is 0.481 e. The van der Waals surface area contributed by atoms with Gasteiger partial charge < -0.3 is 5.11 Å². The number of imide groups is 1. The number of fused-ring (bicyclic) bond motifs is 1. The summed E-state index contributed by atoms with van der Waals surface area (Å²) in [5.74, 6) is -1.65. The van der Waals surface area contributed by atoms with Crippen LogP contribution in [0.2, 0.25) is 0 Å². The first-order valence-electron chi connectivity index (χ1n) is 6.62. The molecule has 2 aromatic rings. The Labute approximate surface area is 125 Å². The maximum atomic E-state index is 12.2. The van der Waals surface area contributed by atoms with Gasteiger partial charge in [-0.3, -0.25) is 24.0 Å². The normalized spacial score (nSPS) is 13.5. The molecule has 3 rings (SSSR count). The second-order valence-corrected chi connectivity index (χ2v) is 4.86. The molecule has 0 radical (unpaired) electrons. The number of aryl methyl sites for hydroxylation is 1. The van der Waals surface area contributed by atoms with Crippen molar-refractivity contribution in [1.82, 2.24) is 19.9 Å². The Hall–Kier alpha value is -3.03.